The van der Waals surface area contributed by atoms with Gasteiger partial charge in [-0.1, -0.05) is 31.5 Å². The standard InChI is InChI=1S/C26H54N4O7SSi2/c1-8-15-16-19-24-28-25(38-21-18-23-40(35-12-5,36-13-6)37-14-7)29-30(24)26(31)27-20-17-22-39(32-9-2,33-10-3)34-11-4/h8-23H2,1-7H3,(H,27,31). The lowest BCUT2D eigenvalue weighted by Crippen LogP contribution is -2.46. The molecule has 1 amide bonds. The van der Waals surface area contributed by atoms with Crippen LogP contribution >= 0.6 is 11.8 Å². The summed E-state index contributed by atoms with van der Waals surface area (Å²) in [5.41, 5.74) is 0. The van der Waals surface area contributed by atoms with E-state index in [1.807, 2.05) is 41.5 Å². The molecule has 0 fully saturated rings. The summed E-state index contributed by atoms with van der Waals surface area (Å²) in [5.74, 6) is 1.47. The number of rotatable bonds is 25. The van der Waals surface area contributed by atoms with Crippen molar-refractivity contribution in [3.63, 3.8) is 0 Å². The molecule has 1 rings (SSSR count). The van der Waals surface area contributed by atoms with Crippen molar-refractivity contribution < 1.29 is 31.4 Å². The minimum absolute atomic E-state index is 0.266. The molecule has 11 nitrogen and oxygen atoms in total. The molecule has 0 unspecified atom stereocenters. The first-order chi connectivity index (χ1) is 19.4. The number of nitrogens with zero attached hydrogens (tertiary/aromatic N) is 3. The number of hydrogen-bond donors (Lipinski definition) is 1. The third-order valence-corrected chi connectivity index (χ3v) is 13.1. The monoisotopic (exact) mass is 622 g/mol. The lowest BCUT2D eigenvalue weighted by atomic mass is 10.2. The zero-order chi connectivity index (χ0) is 29.7. The summed E-state index contributed by atoms with van der Waals surface area (Å²) in [7, 11) is -5.41. The maximum Gasteiger partial charge on any atom is 0.500 e. The van der Waals surface area contributed by atoms with E-state index in [0.29, 0.717) is 76.1 Å². The number of nitrogens with one attached hydrogen (secondary N) is 1. The van der Waals surface area contributed by atoms with Crippen LogP contribution in [0.25, 0.3) is 0 Å². The molecule has 1 N–H and O–H groups in total. The van der Waals surface area contributed by atoms with Crippen LogP contribution in [0.5, 0.6) is 0 Å². The molecule has 1 aromatic rings. The molecule has 14 heteroatoms. The van der Waals surface area contributed by atoms with E-state index in [0.717, 1.165) is 37.5 Å². The lowest BCUT2D eigenvalue weighted by molar-refractivity contribution is 0.0702. The van der Waals surface area contributed by atoms with Crippen LogP contribution in [0.3, 0.4) is 0 Å². The Balaban J connectivity index is 2.79. The number of thioether (sulfide) groups is 1. The fraction of sp³-hybridized carbons (Fsp3) is 0.885. The van der Waals surface area contributed by atoms with Crippen LogP contribution in [-0.2, 0) is 33.0 Å². The van der Waals surface area contributed by atoms with Gasteiger partial charge in [0.05, 0.1) is 0 Å². The Bertz CT molecular complexity index is 773. The number of carbonyl (C=O) groups excluding carboxylic acids is 1. The van der Waals surface area contributed by atoms with Gasteiger partial charge in [0, 0.05) is 70.4 Å². The van der Waals surface area contributed by atoms with E-state index < -0.39 is 17.6 Å². The highest BCUT2D eigenvalue weighted by atomic mass is 32.2. The molecule has 0 bridgehead atoms. The van der Waals surface area contributed by atoms with Crippen molar-refractivity contribution in [2.45, 2.75) is 104 Å². The maximum atomic E-state index is 13.1. The number of aryl methyl sites for hydroxylation is 1. The minimum atomic E-state index is -2.74. The van der Waals surface area contributed by atoms with Gasteiger partial charge in [0.2, 0.25) is 5.16 Å². The van der Waals surface area contributed by atoms with Crippen LogP contribution in [0.15, 0.2) is 5.16 Å². The average Bonchev–Trinajstić information content (AvgIpc) is 3.33. The van der Waals surface area contributed by atoms with Crippen molar-refractivity contribution in [1.29, 1.82) is 0 Å². The Labute approximate surface area is 248 Å². The summed E-state index contributed by atoms with van der Waals surface area (Å²) < 4.78 is 37.0. The summed E-state index contributed by atoms with van der Waals surface area (Å²) >= 11 is 1.54. The van der Waals surface area contributed by atoms with Crippen molar-refractivity contribution in [3.05, 3.63) is 5.82 Å². The van der Waals surface area contributed by atoms with Gasteiger partial charge < -0.3 is 31.9 Å². The van der Waals surface area contributed by atoms with Gasteiger partial charge in [-0.2, -0.15) is 4.68 Å². The van der Waals surface area contributed by atoms with Crippen LogP contribution < -0.4 is 5.32 Å². The molecule has 0 aromatic carbocycles. The van der Waals surface area contributed by atoms with Gasteiger partial charge in [-0.25, -0.2) is 9.78 Å². The van der Waals surface area contributed by atoms with Crippen LogP contribution in [0.1, 0.15) is 86.4 Å². The number of hydrogen-bond acceptors (Lipinski definition) is 10. The molecule has 0 aliphatic rings. The first kappa shape index (κ1) is 37.2. The highest BCUT2D eigenvalue weighted by Gasteiger charge is 2.40. The second-order valence-electron chi connectivity index (χ2n) is 8.93. The summed E-state index contributed by atoms with van der Waals surface area (Å²) in [6, 6.07) is 1.11. The average molecular weight is 623 g/mol. The molecular weight excluding hydrogens is 569 g/mol. The van der Waals surface area contributed by atoms with E-state index >= 15 is 0 Å². The Morgan fingerprint density at radius 1 is 0.750 bits per heavy atom. The molecule has 0 radical (unpaired) electrons. The van der Waals surface area contributed by atoms with Crippen molar-refractivity contribution in [2.24, 2.45) is 0 Å². The van der Waals surface area contributed by atoms with Crippen molar-refractivity contribution in [1.82, 2.24) is 20.1 Å². The van der Waals surface area contributed by atoms with Gasteiger partial charge in [0.25, 0.3) is 0 Å². The summed E-state index contributed by atoms with van der Waals surface area (Å²) in [5, 5.41) is 8.16. The Morgan fingerprint density at radius 3 is 1.73 bits per heavy atom. The van der Waals surface area contributed by atoms with Crippen LogP contribution in [0.2, 0.25) is 12.1 Å². The molecule has 0 saturated carbocycles. The van der Waals surface area contributed by atoms with Gasteiger partial charge >= 0.3 is 23.6 Å². The summed E-state index contributed by atoms with van der Waals surface area (Å²) in [4.78, 5) is 17.8. The molecule has 1 aromatic heterocycles. The highest BCUT2D eigenvalue weighted by Crippen LogP contribution is 2.23. The number of unbranched alkanes of at least 4 members (excludes halogenated alkanes) is 2. The van der Waals surface area contributed by atoms with Crippen LogP contribution in [0, 0.1) is 0 Å². The van der Waals surface area contributed by atoms with Crippen LogP contribution in [-0.4, -0.2) is 90.3 Å². The summed E-state index contributed by atoms with van der Waals surface area (Å²) in [6.45, 7) is 17.6. The van der Waals surface area contributed by atoms with Gasteiger partial charge in [-0.05, 0) is 60.8 Å². The van der Waals surface area contributed by atoms with Crippen LogP contribution in [0.4, 0.5) is 4.79 Å². The van der Waals surface area contributed by atoms with Gasteiger partial charge in [-0.15, -0.1) is 5.10 Å². The topological polar surface area (TPSA) is 115 Å². The third kappa shape index (κ3) is 13.4. The largest absolute Gasteiger partial charge is 0.500 e. The fourth-order valence-corrected chi connectivity index (χ4v) is 10.5. The van der Waals surface area contributed by atoms with E-state index in [-0.39, 0.29) is 6.03 Å². The zero-order valence-electron chi connectivity index (χ0n) is 25.9. The second-order valence-corrected chi connectivity index (χ2v) is 15.5. The minimum Gasteiger partial charge on any atom is -0.374 e. The molecule has 40 heavy (non-hydrogen) atoms. The lowest BCUT2D eigenvalue weighted by Gasteiger charge is -2.28. The first-order valence-corrected chi connectivity index (χ1v) is 19.9. The van der Waals surface area contributed by atoms with Gasteiger partial charge in [0.1, 0.15) is 5.82 Å². The van der Waals surface area contributed by atoms with E-state index in [9.17, 15) is 4.79 Å². The Hall–Kier alpha value is -0.846. The van der Waals surface area contributed by atoms with Gasteiger partial charge in [0.15, 0.2) is 0 Å². The van der Waals surface area contributed by atoms with E-state index in [4.69, 9.17) is 31.5 Å². The maximum absolute atomic E-state index is 13.1. The molecule has 0 aliphatic carbocycles. The number of carbonyl (C=O) groups is 1. The Kier molecular flexibility index (Phi) is 20.3. The zero-order valence-corrected chi connectivity index (χ0v) is 28.7. The van der Waals surface area contributed by atoms with Crippen molar-refractivity contribution in [2.75, 3.05) is 51.9 Å². The van der Waals surface area contributed by atoms with Gasteiger partial charge in [-0.3, -0.25) is 0 Å². The van der Waals surface area contributed by atoms with E-state index in [1.165, 1.54) is 4.68 Å². The number of aromatic nitrogens is 3. The second kappa shape index (κ2) is 21.8. The fourth-order valence-electron chi connectivity index (χ4n) is 4.27. The summed E-state index contributed by atoms with van der Waals surface area (Å²) in [6.07, 6.45) is 5.37. The predicted molar refractivity (Wildman–Crippen MR) is 163 cm³/mol. The predicted octanol–water partition coefficient (Wildman–Crippen LogP) is 5.54. The quantitative estimate of drug-likeness (QED) is 0.0847. The molecule has 0 atom stereocenters. The van der Waals surface area contributed by atoms with Crippen molar-refractivity contribution >= 4 is 35.4 Å². The van der Waals surface area contributed by atoms with E-state index in [2.05, 4.69) is 17.3 Å². The SMILES string of the molecule is CCCCCc1nc(SCCC[Si](OCC)(OCC)OCC)nn1C(=O)NCCC[Si](OCC)(OCC)OCC. The third-order valence-electron chi connectivity index (χ3n) is 5.83. The normalized spacial score (nSPS) is 12.3. The molecule has 0 aliphatic heterocycles. The number of amides is 1. The molecule has 234 valence electrons. The Morgan fingerprint density at radius 2 is 1.25 bits per heavy atom. The van der Waals surface area contributed by atoms with E-state index in [1.54, 1.807) is 11.8 Å². The smallest absolute Gasteiger partial charge is 0.374 e. The molecular formula is C26H54N4O7SSi2. The highest BCUT2D eigenvalue weighted by molar-refractivity contribution is 7.99. The van der Waals surface area contributed by atoms with Crippen molar-refractivity contribution in [3.8, 4) is 0 Å². The first-order valence-electron chi connectivity index (χ1n) is 15.1. The molecule has 1 heterocycles. The molecule has 0 saturated heterocycles. The molecule has 0 spiro atoms.